The summed E-state index contributed by atoms with van der Waals surface area (Å²) in [5.41, 5.74) is 7.39. The summed E-state index contributed by atoms with van der Waals surface area (Å²) in [4.78, 5) is 4.40. The van der Waals surface area contributed by atoms with Crippen LogP contribution in [-0.2, 0) is 12.8 Å². The fourth-order valence-corrected chi connectivity index (χ4v) is 2.57. The molecule has 0 aliphatic carbocycles. The zero-order valence-corrected chi connectivity index (χ0v) is 13.5. The Morgan fingerprint density at radius 2 is 2.10 bits per heavy atom. The van der Waals surface area contributed by atoms with E-state index >= 15 is 0 Å². The molecule has 4 nitrogen and oxygen atoms in total. The molecule has 1 heterocycles. The molecule has 0 fully saturated rings. The Balaban J connectivity index is 1.95. The first kappa shape index (κ1) is 16.0. The molecule has 1 atom stereocenters. The van der Waals surface area contributed by atoms with E-state index in [-0.39, 0.29) is 11.5 Å². The van der Waals surface area contributed by atoms with Crippen molar-refractivity contribution in [2.45, 2.75) is 46.1 Å². The minimum absolute atomic E-state index is 0.0319. The molecule has 0 spiro atoms. The van der Waals surface area contributed by atoms with E-state index in [0.717, 1.165) is 12.0 Å². The van der Waals surface area contributed by atoms with Gasteiger partial charge in [0.25, 0.3) is 0 Å². The van der Waals surface area contributed by atoms with Crippen molar-refractivity contribution in [2.75, 3.05) is 0 Å². The van der Waals surface area contributed by atoms with Gasteiger partial charge in [-0.15, -0.1) is 0 Å². The summed E-state index contributed by atoms with van der Waals surface area (Å²) in [6, 6.07) is 7.69. The second-order valence-corrected chi connectivity index (χ2v) is 7.08. The van der Waals surface area contributed by atoms with Crippen LogP contribution in [0.5, 0.6) is 0 Å². The second kappa shape index (κ2) is 6.58. The number of benzene rings is 1. The standard InChI is InChI=1S/C16H22ClN3O/c1-16(2,3)10-13(18)9-15-19-14(20-21-15)8-11-5-4-6-12(17)7-11/h4-7,13H,8-10,18H2,1-3H3. The monoisotopic (exact) mass is 307 g/mol. The Morgan fingerprint density at radius 1 is 1.33 bits per heavy atom. The van der Waals surface area contributed by atoms with Gasteiger partial charge in [0.15, 0.2) is 5.82 Å². The van der Waals surface area contributed by atoms with Gasteiger partial charge in [-0.05, 0) is 29.5 Å². The summed E-state index contributed by atoms with van der Waals surface area (Å²) >= 11 is 5.97. The molecule has 2 rings (SSSR count). The van der Waals surface area contributed by atoms with E-state index in [1.807, 2.05) is 24.3 Å². The van der Waals surface area contributed by atoms with Crippen LogP contribution in [0, 0.1) is 5.41 Å². The van der Waals surface area contributed by atoms with Crippen molar-refractivity contribution in [3.8, 4) is 0 Å². The number of hydrogen-bond donors (Lipinski definition) is 1. The molecular formula is C16H22ClN3O. The van der Waals surface area contributed by atoms with Crippen molar-refractivity contribution in [2.24, 2.45) is 11.1 Å². The van der Waals surface area contributed by atoms with Crippen LogP contribution in [0.2, 0.25) is 5.02 Å². The molecule has 0 radical (unpaired) electrons. The van der Waals surface area contributed by atoms with Gasteiger partial charge in [0, 0.05) is 23.9 Å². The van der Waals surface area contributed by atoms with E-state index in [4.69, 9.17) is 21.9 Å². The Kier molecular flexibility index (Phi) is 5.01. The summed E-state index contributed by atoms with van der Waals surface area (Å²) in [6.45, 7) is 6.52. The normalized spacial score (nSPS) is 13.4. The van der Waals surface area contributed by atoms with E-state index in [2.05, 4.69) is 30.9 Å². The molecule has 114 valence electrons. The van der Waals surface area contributed by atoms with E-state index < -0.39 is 0 Å². The minimum Gasteiger partial charge on any atom is -0.339 e. The number of hydrogen-bond acceptors (Lipinski definition) is 4. The SMILES string of the molecule is CC(C)(C)CC(N)Cc1nc(Cc2cccc(Cl)c2)no1. The summed E-state index contributed by atoms with van der Waals surface area (Å²) in [6.07, 6.45) is 2.14. The maximum atomic E-state index is 6.13. The third kappa shape index (κ3) is 5.48. The maximum Gasteiger partial charge on any atom is 0.228 e. The first-order chi connectivity index (χ1) is 9.82. The largest absolute Gasteiger partial charge is 0.339 e. The smallest absolute Gasteiger partial charge is 0.228 e. The molecule has 0 saturated heterocycles. The predicted molar refractivity (Wildman–Crippen MR) is 84.3 cm³/mol. The number of aromatic nitrogens is 2. The molecule has 0 aliphatic heterocycles. The Labute approximate surface area is 130 Å². The molecular weight excluding hydrogens is 286 g/mol. The van der Waals surface area contributed by atoms with Gasteiger partial charge in [-0.3, -0.25) is 0 Å². The lowest BCUT2D eigenvalue weighted by Gasteiger charge is -2.21. The van der Waals surface area contributed by atoms with Crippen LogP contribution in [0.25, 0.3) is 0 Å². The molecule has 1 aromatic heterocycles. The molecule has 0 bridgehead atoms. The lowest BCUT2D eigenvalue weighted by Crippen LogP contribution is -2.28. The summed E-state index contributed by atoms with van der Waals surface area (Å²) < 4.78 is 5.28. The van der Waals surface area contributed by atoms with Crippen molar-refractivity contribution < 1.29 is 4.52 Å². The van der Waals surface area contributed by atoms with Crippen LogP contribution in [-0.4, -0.2) is 16.2 Å². The Bertz CT molecular complexity index is 589. The Hall–Kier alpha value is -1.39. The van der Waals surface area contributed by atoms with Gasteiger partial charge < -0.3 is 10.3 Å². The van der Waals surface area contributed by atoms with Crippen molar-refractivity contribution in [3.63, 3.8) is 0 Å². The first-order valence-electron chi connectivity index (χ1n) is 7.13. The van der Waals surface area contributed by atoms with Crippen LogP contribution in [0.4, 0.5) is 0 Å². The highest BCUT2D eigenvalue weighted by molar-refractivity contribution is 6.30. The second-order valence-electron chi connectivity index (χ2n) is 6.64. The van der Waals surface area contributed by atoms with Gasteiger partial charge >= 0.3 is 0 Å². The van der Waals surface area contributed by atoms with Crippen LogP contribution in [0.3, 0.4) is 0 Å². The molecule has 2 N–H and O–H groups in total. The minimum atomic E-state index is 0.0319. The number of rotatable bonds is 5. The van der Waals surface area contributed by atoms with Crippen molar-refractivity contribution in [3.05, 3.63) is 46.6 Å². The van der Waals surface area contributed by atoms with Gasteiger partial charge in [0.1, 0.15) is 0 Å². The molecule has 1 aromatic carbocycles. The zero-order chi connectivity index (χ0) is 15.5. The third-order valence-corrected chi connectivity index (χ3v) is 3.31. The van der Waals surface area contributed by atoms with Gasteiger partial charge in [0.2, 0.25) is 5.89 Å². The lowest BCUT2D eigenvalue weighted by molar-refractivity contribution is 0.312. The van der Waals surface area contributed by atoms with Crippen LogP contribution in [0.1, 0.15) is 44.5 Å². The van der Waals surface area contributed by atoms with Crippen molar-refractivity contribution >= 4 is 11.6 Å². The molecule has 0 amide bonds. The van der Waals surface area contributed by atoms with Gasteiger partial charge in [-0.1, -0.05) is 49.7 Å². The first-order valence-corrected chi connectivity index (χ1v) is 7.51. The highest BCUT2D eigenvalue weighted by Crippen LogP contribution is 2.21. The third-order valence-electron chi connectivity index (χ3n) is 3.07. The highest BCUT2D eigenvalue weighted by atomic mass is 35.5. The lowest BCUT2D eigenvalue weighted by atomic mass is 9.87. The highest BCUT2D eigenvalue weighted by Gasteiger charge is 2.18. The van der Waals surface area contributed by atoms with Crippen LogP contribution < -0.4 is 5.73 Å². The number of nitrogens with zero attached hydrogens (tertiary/aromatic N) is 2. The molecule has 0 saturated carbocycles. The van der Waals surface area contributed by atoms with Gasteiger partial charge in [-0.2, -0.15) is 4.98 Å². The van der Waals surface area contributed by atoms with E-state index in [1.165, 1.54) is 0 Å². The van der Waals surface area contributed by atoms with Crippen molar-refractivity contribution in [1.82, 2.24) is 10.1 Å². The molecule has 1 unspecified atom stereocenters. The van der Waals surface area contributed by atoms with Gasteiger partial charge in [0.05, 0.1) is 0 Å². The van der Waals surface area contributed by atoms with Crippen LogP contribution >= 0.6 is 11.6 Å². The predicted octanol–water partition coefficient (Wildman–Crippen LogP) is 3.62. The fourth-order valence-electron chi connectivity index (χ4n) is 2.36. The van der Waals surface area contributed by atoms with Gasteiger partial charge in [-0.25, -0.2) is 0 Å². The summed E-state index contributed by atoms with van der Waals surface area (Å²) in [5.74, 6) is 1.26. The zero-order valence-electron chi connectivity index (χ0n) is 12.8. The fraction of sp³-hybridized carbons (Fsp3) is 0.500. The Morgan fingerprint density at radius 3 is 2.76 bits per heavy atom. The average Bonchev–Trinajstić information content (AvgIpc) is 2.73. The number of nitrogens with two attached hydrogens (primary N) is 1. The molecule has 0 aliphatic rings. The quantitative estimate of drug-likeness (QED) is 0.916. The summed E-state index contributed by atoms with van der Waals surface area (Å²) in [7, 11) is 0. The summed E-state index contributed by atoms with van der Waals surface area (Å²) in [5, 5.41) is 4.72. The molecule has 2 aromatic rings. The topological polar surface area (TPSA) is 64.9 Å². The molecule has 21 heavy (non-hydrogen) atoms. The van der Waals surface area contributed by atoms with E-state index in [9.17, 15) is 0 Å². The maximum absolute atomic E-state index is 6.13. The van der Waals surface area contributed by atoms with E-state index in [0.29, 0.717) is 29.6 Å². The average molecular weight is 308 g/mol. The van der Waals surface area contributed by atoms with Crippen LogP contribution in [0.15, 0.2) is 28.8 Å². The molecule has 5 heteroatoms. The van der Waals surface area contributed by atoms with E-state index in [1.54, 1.807) is 0 Å². The van der Waals surface area contributed by atoms with Crippen molar-refractivity contribution in [1.29, 1.82) is 0 Å². The number of halogens is 1.